The van der Waals surface area contributed by atoms with Crippen LogP contribution in [0, 0.1) is 0 Å². The van der Waals surface area contributed by atoms with Crippen LogP contribution in [-0.4, -0.2) is 38.7 Å². The van der Waals surface area contributed by atoms with Gasteiger partial charge in [0.25, 0.3) is 5.91 Å². The third-order valence-electron chi connectivity index (χ3n) is 2.42. The number of nitrogens with zero attached hydrogens (tertiary/aromatic N) is 1. The molecule has 0 aliphatic carbocycles. The summed E-state index contributed by atoms with van der Waals surface area (Å²) in [6.45, 7) is 2.27. The molecule has 0 aromatic carbocycles. The number of hydrogen-bond donors (Lipinski definition) is 3. The molecular formula is C11H13ClN2O5. The molecule has 0 saturated carbocycles. The number of aromatic nitrogens is 1. The number of amides is 1. The Hall–Kier alpha value is -2.02. The van der Waals surface area contributed by atoms with Crippen molar-refractivity contribution in [2.75, 3.05) is 0 Å². The minimum absolute atomic E-state index is 0.184. The molecule has 0 aliphatic rings. The van der Waals surface area contributed by atoms with Crippen molar-refractivity contribution in [2.24, 2.45) is 0 Å². The van der Waals surface area contributed by atoms with Gasteiger partial charge in [0.1, 0.15) is 11.7 Å². The predicted molar refractivity (Wildman–Crippen MR) is 66.3 cm³/mol. The Balaban J connectivity index is 2.87. The molecule has 8 heteroatoms. The zero-order valence-corrected chi connectivity index (χ0v) is 10.8. The second-order valence-corrected chi connectivity index (χ2v) is 4.23. The summed E-state index contributed by atoms with van der Waals surface area (Å²) < 4.78 is 1.54. The number of carboxylic acids is 2. The van der Waals surface area contributed by atoms with Crippen LogP contribution >= 0.6 is 11.6 Å². The van der Waals surface area contributed by atoms with Crippen LogP contribution in [0.4, 0.5) is 0 Å². The van der Waals surface area contributed by atoms with Gasteiger partial charge in [-0.25, -0.2) is 4.79 Å². The Labute approximate surface area is 113 Å². The van der Waals surface area contributed by atoms with Gasteiger partial charge in [-0.2, -0.15) is 0 Å². The highest BCUT2D eigenvalue weighted by atomic mass is 35.5. The lowest BCUT2D eigenvalue weighted by molar-refractivity contribution is -0.145. The molecule has 0 fully saturated rings. The van der Waals surface area contributed by atoms with Gasteiger partial charge in [0.15, 0.2) is 0 Å². The van der Waals surface area contributed by atoms with Crippen molar-refractivity contribution in [3.8, 4) is 0 Å². The number of carbonyl (C=O) groups is 3. The van der Waals surface area contributed by atoms with Gasteiger partial charge >= 0.3 is 11.9 Å². The van der Waals surface area contributed by atoms with Crippen molar-refractivity contribution in [1.29, 1.82) is 0 Å². The highest BCUT2D eigenvalue weighted by Crippen LogP contribution is 2.14. The van der Waals surface area contributed by atoms with Gasteiger partial charge in [-0.1, -0.05) is 11.6 Å². The Morgan fingerprint density at radius 1 is 1.42 bits per heavy atom. The van der Waals surface area contributed by atoms with Crippen molar-refractivity contribution in [1.82, 2.24) is 9.88 Å². The molecule has 1 rings (SSSR count). The van der Waals surface area contributed by atoms with E-state index in [0.717, 1.165) is 0 Å². The third kappa shape index (κ3) is 3.99. The number of carboxylic acid groups (broad SMARTS) is 2. The van der Waals surface area contributed by atoms with Crippen LogP contribution in [0.2, 0.25) is 5.02 Å². The van der Waals surface area contributed by atoms with Gasteiger partial charge in [0, 0.05) is 12.7 Å². The first-order valence-corrected chi connectivity index (χ1v) is 5.84. The topological polar surface area (TPSA) is 109 Å². The SMILES string of the molecule is CCn1cc(Cl)cc1C(=O)N[C@@H](CC(=O)O)C(=O)O. The fourth-order valence-corrected chi connectivity index (χ4v) is 1.75. The van der Waals surface area contributed by atoms with Gasteiger partial charge in [-0.15, -0.1) is 0 Å². The average molecular weight is 289 g/mol. The first-order valence-electron chi connectivity index (χ1n) is 5.46. The van der Waals surface area contributed by atoms with Crippen molar-refractivity contribution in [2.45, 2.75) is 25.9 Å². The number of aliphatic carboxylic acids is 2. The molecule has 104 valence electrons. The lowest BCUT2D eigenvalue weighted by Gasteiger charge is -2.13. The van der Waals surface area contributed by atoms with E-state index in [-0.39, 0.29) is 5.69 Å². The van der Waals surface area contributed by atoms with E-state index in [9.17, 15) is 14.4 Å². The molecule has 1 amide bonds. The molecule has 0 aliphatic heterocycles. The molecule has 0 bridgehead atoms. The van der Waals surface area contributed by atoms with Crippen molar-refractivity contribution < 1.29 is 24.6 Å². The minimum Gasteiger partial charge on any atom is -0.481 e. The summed E-state index contributed by atoms with van der Waals surface area (Å²) in [5.41, 5.74) is 0.184. The molecule has 1 atom stereocenters. The second-order valence-electron chi connectivity index (χ2n) is 3.79. The minimum atomic E-state index is -1.48. The first kappa shape index (κ1) is 15.0. The molecule has 3 N–H and O–H groups in total. The summed E-state index contributed by atoms with van der Waals surface area (Å²) in [7, 11) is 0. The number of rotatable bonds is 6. The van der Waals surface area contributed by atoms with E-state index in [1.54, 1.807) is 6.92 Å². The smallest absolute Gasteiger partial charge is 0.326 e. The molecule has 7 nitrogen and oxygen atoms in total. The Bertz CT molecular complexity index is 511. The van der Waals surface area contributed by atoms with Crippen LogP contribution in [0.5, 0.6) is 0 Å². The van der Waals surface area contributed by atoms with E-state index in [2.05, 4.69) is 5.32 Å². The quantitative estimate of drug-likeness (QED) is 0.718. The maximum absolute atomic E-state index is 11.9. The van der Waals surface area contributed by atoms with Crippen LogP contribution in [0.3, 0.4) is 0 Å². The Morgan fingerprint density at radius 3 is 2.53 bits per heavy atom. The van der Waals surface area contributed by atoms with Crippen LogP contribution in [-0.2, 0) is 16.1 Å². The van der Waals surface area contributed by atoms with E-state index >= 15 is 0 Å². The zero-order chi connectivity index (χ0) is 14.6. The molecule has 0 unspecified atom stereocenters. The summed E-state index contributed by atoms with van der Waals surface area (Å²) in [4.78, 5) is 33.3. The van der Waals surface area contributed by atoms with E-state index < -0.39 is 30.3 Å². The average Bonchev–Trinajstić information content (AvgIpc) is 2.68. The van der Waals surface area contributed by atoms with Crippen molar-refractivity contribution in [3.63, 3.8) is 0 Å². The molecule has 0 spiro atoms. The maximum atomic E-state index is 11.9. The van der Waals surface area contributed by atoms with E-state index in [1.807, 2.05) is 0 Å². The number of carbonyl (C=O) groups excluding carboxylic acids is 1. The summed E-state index contributed by atoms with van der Waals surface area (Å²) in [6.07, 6.45) is 0.838. The number of hydrogen-bond acceptors (Lipinski definition) is 3. The Kier molecular flexibility index (Phi) is 4.94. The van der Waals surface area contributed by atoms with E-state index in [0.29, 0.717) is 11.6 Å². The fraction of sp³-hybridized carbons (Fsp3) is 0.364. The largest absolute Gasteiger partial charge is 0.481 e. The normalized spacial score (nSPS) is 11.9. The summed E-state index contributed by atoms with van der Waals surface area (Å²) in [5, 5.41) is 19.9. The molecule has 1 aromatic heterocycles. The summed E-state index contributed by atoms with van der Waals surface area (Å²) in [5.74, 6) is -3.39. The first-order chi connectivity index (χ1) is 8.85. The van der Waals surface area contributed by atoms with E-state index in [4.69, 9.17) is 21.8 Å². The van der Waals surface area contributed by atoms with Crippen LogP contribution in [0.1, 0.15) is 23.8 Å². The van der Waals surface area contributed by atoms with Crippen LogP contribution < -0.4 is 5.32 Å². The van der Waals surface area contributed by atoms with Gasteiger partial charge in [0.2, 0.25) is 0 Å². The molecule has 0 saturated heterocycles. The number of nitrogens with one attached hydrogen (secondary N) is 1. The molecule has 1 heterocycles. The Morgan fingerprint density at radius 2 is 2.05 bits per heavy atom. The van der Waals surface area contributed by atoms with Gasteiger partial charge in [-0.05, 0) is 13.0 Å². The number of halogens is 1. The monoisotopic (exact) mass is 288 g/mol. The molecule has 0 radical (unpaired) electrons. The van der Waals surface area contributed by atoms with Crippen molar-refractivity contribution in [3.05, 3.63) is 23.0 Å². The molecule has 1 aromatic rings. The second kappa shape index (κ2) is 6.24. The third-order valence-corrected chi connectivity index (χ3v) is 2.63. The van der Waals surface area contributed by atoms with E-state index in [1.165, 1.54) is 16.8 Å². The highest BCUT2D eigenvalue weighted by molar-refractivity contribution is 6.31. The number of aryl methyl sites for hydroxylation is 1. The lowest BCUT2D eigenvalue weighted by Crippen LogP contribution is -2.42. The van der Waals surface area contributed by atoms with Crippen molar-refractivity contribution >= 4 is 29.4 Å². The fourth-order valence-electron chi connectivity index (χ4n) is 1.53. The van der Waals surface area contributed by atoms with Gasteiger partial charge < -0.3 is 20.1 Å². The zero-order valence-electron chi connectivity index (χ0n) is 10.1. The van der Waals surface area contributed by atoms with Crippen LogP contribution in [0.15, 0.2) is 12.3 Å². The lowest BCUT2D eigenvalue weighted by atomic mass is 10.2. The van der Waals surface area contributed by atoms with Crippen LogP contribution in [0.25, 0.3) is 0 Å². The maximum Gasteiger partial charge on any atom is 0.326 e. The molecule has 19 heavy (non-hydrogen) atoms. The predicted octanol–water partition coefficient (Wildman–Crippen LogP) is 0.819. The highest BCUT2D eigenvalue weighted by Gasteiger charge is 2.24. The van der Waals surface area contributed by atoms with Gasteiger partial charge in [-0.3, -0.25) is 9.59 Å². The van der Waals surface area contributed by atoms with Gasteiger partial charge in [0.05, 0.1) is 11.4 Å². The summed E-state index contributed by atoms with van der Waals surface area (Å²) in [6, 6.07) is -0.0935. The molecular weight excluding hydrogens is 276 g/mol. The summed E-state index contributed by atoms with van der Waals surface area (Å²) >= 11 is 5.76. The standard InChI is InChI=1S/C11H13ClN2O5/c1-2-14-5-6(12)3-8(14)10(17)13-7(11(18)19)4-9(15)16/h3,5,7H,2,4H2,1H3,(H,13,17)(H,15,16)(H,18,19)/t7-/m0/s1.